The molecule has 0 aliphatic carbocycles. The van der Waals surface area contributed by atoms with Crippen LogP contribution in [0.5, 0.6) is 0 Å². The van der Waals surface area contributed by atoms with Crippen molar-refractivity contribution in [3.63, 3.8) is 0 Å². The number of carboxylic acids is 1. The van der Waals surface area contributed by atoms with Crippen LogP contribution < -0.4 is 0 Å². The minimum absolute atomic E-state index is 0.109. The first-order chi connectivity index (χ1) is 5.09. The summed E-state index contributed by atoms with van der Waals surface area (Å²) in [7, 11) is 0. The Bertz CT molecular complexity index is 262. The van der Waals surface area contributed by atoms with Gasteiger partial charge in [0, 0.05) is 6.08 Å². The molecule has 0 saturated carbocycles. The zero-order chi connectivity index (χ0) is 8.43. The van der Waals surface area contributed by atoms with Gasteiger partial charge in [-0.2, -0.15) is 0 Å². The molecule has 5 nitrogen and oxygen atoms in total. The number of carboxylic acid groups (broad SMARTS) is 1. The van der Waals surface area contributed by atoms with Crippen molar-refractivity contribution in [2.45, 2.75) is 6.42 Å². The van der Waals surface area contributed by atoms with Crippen molar-refractivity contribution in [1.82, 2.24) is 0 Å². The summed E-state index contributed by atoms with van der Waals surface area (Å²) < 4.78 is 4.07. The summed E-state index contributed by atoms with van der Waals surface area (Å²) in [5, 5.41) is 8.18. The zero-order valence-corrected chi connectivity index (χ0v) is 5.36. The standard InChI is InChI=1S/C6H4O5/c7-4(8)1-3-2-5(9)11-6(3)10/h1H,2H2,(H,7,8)/b3-1+. The molecule has 0 aromatic heterocycles. The first-order valence-corrected chi connectivity index (χ1v) is 2.78. The minimum Gasteiger partial charge on any atom is -0.478 e. The Hall–Kier alpha value is -1.65. The molecular formula is C6H4O5. The molecule has 0 radical (unpaired) electrons. The largest absolute Gasteiger partial charge is 0.478 e. The lowest BCUT2D eigenvalue weighted by Crippen LogP contribution is -1.99. The highest BCUT2D eigenvalue weighted by Crippen LogP contribution is 2.13. The maximum Gasteiger partial charge on any atom is 0.342 e. The third kappa shape index (κ3) is 1.64. The van der Waals surface area contributed by atoms with Crippen LogP contribution in [0.15, 0.2) is 11.6 Å². The normalized spacial score (nSPS) is 20.5. The van der Waals surface area contributed by atoms with Gasteiger partial charge in [-0.3, -0.25) is 4.79 Å². The first kappa shape index (κ1) is 7.46. The quantitative estimate of drug-likeness (QED) is 0.313. The number of hydrogen-bond acceptors (Lipinski definition) is 4. The van der Waals surface area contributed by atoms with Gasteiger partial charge in [0.25, 0.3) is 0 Å². The highest BCUT2D eigenvalue weighted by molar-refractivity contribution is 6.08. The fourth-order valence-corrected chi connectivity index (χ4v) is 0.692. The molecule has 1 aliphatic rings. The van der Waals surface area contributed by atoms with Gasteiger partial charge < -0.3 is 9.84 Å². The molecule has 1 fully saturated rings. The summed E-state index contributed by atoms with van der Waals surface area (Å²) in [4.78, 5) is 30.9. The summed E-state index contributed by atoms with van der Waals surface area (Å²) in [6.07, 6.45) is 0.429. The van der Waals surface area contributed by atoms with E-state index in [0.717, 1.165) is 0 Å². The third-order valence-electron chi connectivity index (χ3n) is 1.10. The van der Waals surface area contributed by atoms with Gasteiger partial charge in [-0.15, -0.1) is 0 Å². The Labute approximate surface area is 61.3 Å². The van der Waals surface area contributed by atoms with Gasteiger partial charge in [0.2, 0.25) is 0 Å². The molecule has 0 atom stereocenters. The number of hydrogen-bond donors (Lipinski definition) is 1. The fourth-order valence-electron chi connectivity index (χ4n) is 0.692. The van der Waals surface area contributed by atoms with Crippen LogP contribution in [-0.4, -0.2) is 23.0 Å². The molecule has 0 amide bonds. The number of carbonyl (C=O) groups is 3. The molecule has 1 rings (SSSR count). The maximum absolute atomic E-state index is 10.5. The maximum atomic E-state index is 10.5. The van der Waals surface area contributed by atoms with Crippen molar-refractivity contribution in [3.05, 3.63) is 11.6 Å². The van der Waals surface area contributed by atoms with Crippen LogP contribution in [0.1, 0.15) is 6.42 Å². The van der Waals surface area contributed by atoms with Crippen molar-refractivity contribution >= 4 is 17.9 Å². The van der Waals surface area contributed by atoms with E-state index >= 15 is 0 Å². The van der Waals surface area contributed by atoms with E-state index in [2.05, 4.69) is 4.74 Å². The Morgan fingerprint density at radius 1 is 1.55 bits per heavy atom. The highest BCUT2D eigenvalue weighted by atomic mass is 16.6. The van der Waals surface area contributed by atoms with Crippen molar-refractivity contribution in [2.24, 2.45) is 0 Å². The van der Waals surface area contributed by atoms with Gasteiger partial charge in [0.15, 0.2) is 0 Å². The number of cyclic esters (lactones) is 2. The van der Waals surface area contributed by atoms with E-state index < -0.39 is 17.9 Å². The van der Waals surface area contributed by atoms with Crippen LogP contribution in [-0.2, 0) is 19.1 Å². The van der Waals surface area contributed by atoms with Crippen LogP contribution in [0, 0.1) is 0 Å². The number of carbonyl (C=O) groups excluding carboxylic acids is 2. The second kappa shape index (κ2) is 2.53. The van der Waals surface area contributed by atoms with E-state index in [-0.39, 0.29) is 12.0 Å². The van der Waals surface area contributed by atoms with Gasteiger partial charge in [-0.1, -0.05) is 0 Å². The summed E-state index contributed by atoms with van der Waals surface area (Å²) in [5.41, 5.74) is -0.109. The Balaban J connectivity index is 2.83. The lowest BCUT2D eigenvalue weighted by Gasteiger charge is -1.84. The Morgan fingerprint density at radius 2 is 2.18 bits per heavy atom. The summed E-state index contributed by atoms with van der Waals surface area (Å²) in [5.74, 6) is -2.83. The van der Waals surface area contributed by atoms with Gasteiger partial charge >= 0.3 is 17.9 Å². The van der Waals surface area contributed by atoms with Crippen LogP contribution in [0.3, 0.4) is 0 Å². The second-order valence-electron chi connectivity index (χ2n) is 1.95. The molecule has 0 aromatic rings. The van der Waals surface area contributed by atoms with Crippen LogP contribution in [0.2, 0.25) is 0 Å². The molecule has 1 N–H and O–H groups in total. The van der Waals surface area contributed by atoms with Crippen molar-refractivity contribution in [1.29, 1.82) is 0 Å². The van der Waals surface area contributed by atoms with E-state index in [1.54, 1.807) is 0 Å². The number of ether oxygens (including phenoxy) is 1. The predicted molar refractivity (Wildman–Crippen MR) is 31.4 cm³/mol. The van der Waals surface area contributed by atoms with Gasteiger partial charge in [0.1, 0.15) is 0 Å². The molecule has 58 valence electrons. The smallest absolute Gasteiger partial charge is 0.342 e. The lowest BCUT2D eigenvalue weighted by molar-refractivity contribution is -0.151. The molecule has 1 saturated heterocycles. The molecule has 0 aromatic carbocycles. The van der Waals surface area contributed by atoms with Crippen LogP contribution in [0.4, 0.5) is 0 Å². The highest BCUT2D eigenvalue weighted by Gasteiger charge is 2.27. The SMILES string of the molecule is O=C(O)/C=C1\CC(=O)OC1=O. The molecule has 0 unspecified atom stereocenters. The van der Waals surface area contributed by atoms with E-state index in [4.69, 9.17) is 5.11 Å². The van der Waals surface area contributed by atoms with E-state index in [0.29, 0.717) is 6.08 Å². The second-order valence-corrected chi connectivity index (χ2v) is 1.95. The lowest BCUT2D eigenvalue weighted by atomic mass is 10.2. The molecule has 5 heteroatoms. The topological polar surface area (TPSA) is 80.7 Å². The zero-order valence-electron chi connectivity index (χ0n) is 5.36. The van der Waals surface area contributed by atoms with E-state index in [9.17, 15) is 14.4 Å². The van der Waals surface area contributed by atoms with E-state index in [1.807, 2.05) is 0 Å². The molecule has 0 bridgehead atoms. The molecule has 11 heavy (non-hydrogen) atoms. The van der Waals surface area contributed by atoms with Gasteiger partial charge in [0.05, 0.1) is 12.0 Å². The Kier molecular flexibility index (Phi) is 1.72. The average molecular weight is 156 g/mol. The van der Waals surface area contributed by atoms with Crippen molar-refractivity contribution in [2.75, 3.05) is 0 Å². The minimum atomic E-state index is -1.26. The van der Waals surface area contributed by atoms with Gasteiger partial charge in [-0.25, -0.2) is 9.59 Å². The van der Waals surface area contributed by atoms with Crippen LogP contribution in [0.25, 0.3) is 0 Å². The van der Waals surface area contributed by atoms with Crippen molar-refractivity contribution in [3.8, 4) is 0 Å². The molecule has 1 heterocycles. The molecular weight excluding hydrogens is 152 g/mol. The van der Waals surface area contributed by atoms with E-state index in [1.165, 1.54) is 0 Å². The Morgan fingerprint density at radius 3 is 2.55 bits per heavy atom. The molecule has 0 spiro atoms. The third-order valence-corrected chi connectivity index (χ3v) is 1.10. The number of aliphatic carboxylic acids is 1. The average Bonchev–Trinajstić information content (AvgIpc) is 2.09. The van der Waals surface area contributed by atoms with Gasteiger partial charge in [-0.05, 0) is 0 Å². The molecule has 1 aliphatic heterocycles. The summed E-state index contributed by atoms with van der Waals surface area (Å²) >= 11 is 0. The summed E-state index contributed by atoms with van der Waals surface area (Å²) in [6, 6.07) is 0. The number of rotatable bonds is 1. The number of esters is 2. The van der Waals surface area contributed by atoms with Crippen molar-refractivity contribution < 1.29 is 24.2 Å². The summed E-state index contributed by atoms with van der Waals surface area (Å²) in [6.45, 7) is 0. The van der Waals surface area contributed by atoms with Crippen LogP contribution >= 0.6 is 0 Å². The fraction of sp³-hybridized carbons (Fsp3) is 0.167. The predicted octanol–water partition coefficient (Wildman–Crippen LogP) is -0.529. The first-order valence-electron chi connectivity index (χ1n) is 2.78. The monoisotopic (exact) mass is 156 g/mol.